The van der Waals surface area contributed by atoms with E-state index in [4.69, 9.17) is 11.6 Å². The summed E-state index contributed by atoms with van der Waals surface area (Å²) in [5, 5.41) is 9.25. The highest BCUT2D eigenvalue weighted by Gasteiger charge is 2.54. The predicted molar refractivity (Wildman–Crippen MR) is 120 cm³/mol. The van der Waals surface area contributed by atoms with E-state index < -0.39 is 0 Å². The van der Waals surface area contributed by atoms with E-state index in [1.165, 1.54) is 19.3 Å². The zero-order valence-electron chi connectivity index (χ0n) is 16.8. The van der Waals surface area contributed by atoms with Crippen LogP contribution in [0, 0.1) is 23.2 Å². The van der Waals surface area contributed by atoms with Crippen molar-refractivity contribution in [2.45, 2.75) is 38.5 Å². The summed E-state index contributed by atoms with van der Waals surface area (Å²) < 4.78 is 0. The summed E-state index contributed by atoms with van der Waals surface area (Å²) in [5.74, 6) is 2.41. The van der Waals surface area contributed by atoms with Crippen molar-refractivity contribution in [1.82, 2.24) is 0 Å². The monoisotopic (exact) mass is 423 g/mol. The SMILES string of the molecule is O=C(Nc1ccc(NC(=O)C23CC4CC(CC(C4)C2)C3)cc1)Nc1cccc(Cl)c1. The molecule has 0 radical (unpaired) electrons. The van der Waals surface area contributed by atoms with Crippen molar-refractivity contribution in [3.8, 4) is 0 Å². The van der Waals surface area contributed by atoms with Crippen LogP contribution in [-0.4, -0.2) is 11.9 Å². The van der Waals surface area contributed by atoms with Gasteiger partial charge in [0.05, 0.1) is 5.41 Å². The van der Waals surface area contributed by atoms with E-state index in [2.05, 4.69) is 16.0 Å². The van der Waals surface area contributed by atoms with Gasteiger partial charge in [-0.05, 0) is 98.7 Å². The van der Waals surface area contributed by atoms with E-state index in [1.807, 2.05) is 12.1 Å². The van der Waals surface area contributed by atoms with Crippen LogP contribution in [0.25, 0.3) is 0 Å². The lowest BCUT2D eigenvalue weighted by Gasteiger charge is -2.55. The van der Waals surface area contributed by atoms with Crippen LogP contribution in [0.1, 0.15) is 38.5 Å². The van der Waals surface area contributed by atoms with Crippen molar-refractivity contribution >= 4 is 40.6 Å². The first-order valence-electron chi connectivity index (χ1n) is 10.7. The Hall–Kier alpha value is -2.53. The lowest BCUT2D eigenvalue weighted by Crippen LogP contribution is -2.51. The molecule has 156 valence electrons. The van der Waals surface area contributed by atoms with Gasteiger partial charge in [0, 0.05) is 22.1 Å². The number of benzene rings is 2. The van der Waals surface area contributed by atoms with E-state index >= 15 is 0 Å². The molecule has 0 spiro atoms. The van der Waals surface area contributed by atoms with E-state index in [1.54, 1.807) is 36.4 Å². The molecule has 0 saturated heterocycles. The Bertz CT molecular complexity index is 937. The molecule has 6 heteroatoms. The fourth-order valence-corrected chi connectivity index (χ4v) is 6.34. The zero-order chi connectivity index (χ0) is 20.7. The summed E-state index contributed by atoms with van der Waals surface area (Å²) in [6.45, 7) is 0. The fraction of sp³-hybridized carbons (Fsp3) is 0.417. The van der Waals surface area contributed by atoms with Gasteiger partial charge in [-0.1, -0.05) is 17.7 Å². The van der Waals surface area contributed by atoms with Gasteiger partial charge in [0.1, 0.15) is 0 Å². The molecule has 5 nitrogen and oxygen atoms in total. The molecule has 3 amide bonds. The molecule has 0 atom stereocenters. The standard InChI is InChI=1S/C24H26ClN3O2/c25-18-2-1-3-21(11-18)28-23(30)27-20-6-4-19(5-7-20)26-22(29)24-12-15-8-16(13-24)10-17(9-15)14-24/h1-7,11,15-17H,8-10,12-14H2,(H,26,29)(H2,27,28,30). The first-order valence-corrected chi connectivity index (χ1v) is 11.1. The van der Waals surface area contributed by atoms with Crippen LogP contribution in [0.5, 0.6) is 0 Å². The van der Waals surface area contributed by atoms with Crippen molar-refractivity contribution in [1.29, 1.82) is 0 Å². The fourth-order valence-electron chi connectivity index (χ4n) is 6.15. The minimum absolute atomic E-state index is 0.164. The van der Waals surface area contributed by atoms with Crippen LogP contribution in [0.15, 0.2) is 48.5 Å². The van der Waals surface area contributed by atoms with Crippen LogP contribution >= 0.6 is 11.6 Å². The second kappa shape index (κ2) is 7.62. The van der Waals surface area contributed by atoms with Gasteiger partial charge < -0.3 is 16.0 Å². The molecule has 2 aromatic carbocycles. The molecule has 4 saturated carbocycles. The van der Waals surface area contributed by atoms with E-state index in [-0.39, 0.29) is 17.4 Å². The highest BCUT2D eigenvalue weighted by Crippen LogP contribution is 2.60. The maximum Gasteiger partial charge on any atom is 0.323 e. The normalized spacial score (nSPS) is 28.8. The minimum atomic E-state index is -0.345. The largest absolute Gasteiger partial charge is 0.326 e. The molecular weight excluding hydrogens is 398 g/mol. The van der Waals surface area contributed by atoms with Crippen LogP contribution < -0.4 is 16.0 Å². The number of amides is 3. The predicted octanol–water partition coefficient (Wildman–Crippen LogP) is 6.14. The molecule has 0 aliphatic heterocycles. The molecule has 4 bridgehead atoms. The lowest BCUT2D eigenvalue weighted by molar-refractivity contribution is -0.140. The number of hydrogen-bond acceptors (Lipinski definition) is 2. The van der Waals surface area contributed by atoms with Gasteiger partial charge in [0.2, 0.25) is 5.91 Å². The van der Waals surface area contributed by atoms with Crippen LogP contribution in [0.2, 0.25) is 5.02 Å². The summed E-state index contributed by atoms with van der Waals surface area (Å²) in [6, 6.07) is 13.9. The van der Waals surface area contributed by atoms with Crippen LogP contribution in [0.3, 0.4) is 0 Å². The summed E-state index contributed by atoms with van der Waals surface area (Å²) in [5.41, 5.74) is 1.89. The van der Waals surface area contributed by atoms with Crippen molar-refractivity contribution in [3.63, 3.8) is 0 Å². The lowest BCUT2D eigenvalue weighted by atomic mass is 9.49. The van der Waals surface area contributed by atoms with Crippen molar-refractivity contribution < 1.29 is 9.59 Å². The molecule has 0 heterocycles. The Balaban J connectivity index is 1.19. The number of rotatable bonds is 4. The van der Waals surface area contributed by atoms with Gasteiger partial charge in [0.25, 0.3) is 0 Å². The Kier molecular flexibility index (Phi) is 4.94. The zero-order valence-corrected chi connectivity index (χ0v) is 17.5. The summed E-state index contributed by atoms with van der Waals surface area (Å²) in [4.78, 5) is 25.3. The first-order chi connectivity index (χ1) is 14.5. The second-order valence-electron chi connectivity index (χ2n) is 9.32. The van der Waals surface area contributed by atoms with Gasteiger partial charge in [0.15, 0.2) is 0 Å². The molecule has 0 aromatic heterocycles. The van der Waals surface area contributed by atoms with Gasteiger partial charge >= 0.3 is 6.03 Å². The summed E-state index contributed by atoms with van der Waals surface area (Å²) >= 11 is 5.94. The molecule has 4 fully saturated rings. The average Bonchev–Trinajstić information content (AvgIpc) is 2.68. The number of carbonyl (C=O) groups is 2. The van der Waals surface area contributed by atoms with Gasteiger partial charge in [-0.15, -0.1) is 0 Å². The molecule has 6 rings (SSSR count). The molecule has 4 aliphatic rings. The number of urea groups is 1. The second-order valence-corrected chi connectivity index (χ2v) is 9.76. The molecule has 0 unspecified atom stereocenters. The molecule has 4 aliphatic carbocycles. The molecule has 3 N–H and O–H groups in total. The van der Waals surface area contributed by atoms with Crippen LogP contribution in [0.4, 0.5) is 21.9 Å². The molecule has 2 aromatic rings. The Morgan fingerprint density at radius 3 is 1.87 bits per heavy atom. The summed E-state index contributed by atoms with van der Waals surface area (Å²) in [7, 11) is 0. The molecular formula is C24H26ClN3O2. The Morgan fingerprint density at radius 1 is 0.767 bits per heavy atom. The maximum absolute atomic E-state index is 13.2. The average molecular weight is 424 g/mol. The topological polar surface area (TPSA) is 70.2 Å². The Labute approximate surface area is 181 Å². The smallest absolute Gasteiger partial charge is 0.323 e. The maximum atomic E-state index is 13.2. The first kappa shape index (κ1) is 19.4. The van der Waals surface area contributed by atoms with E-state index in [0.717, 1.165) is 42.7 Å². The Morgan fingerprint density at radius 2 is 1.30 bits per heavy atom. The number of hydrogen-bond donors (Lipinski definition) is 3. The third kappa shape index (κ3) is 3.91. The quantitative estimate of drug-likeness (QED) is 0.552. The van der Waals surface area contributed by atoms with Gasteiger partial charge in [-0.2, -0.15) is 0 Å². The highest BCUT2D eigenvalue weighted by molar-refractivity contribution is 6.30. The van der Waals surface area contributed by atoms with Gasteiger partial charge in [-0.25, -0.2) is 4.79 Å². The minimum Gasteiger partial charge on any atom is -0.326 e. The van der Waals surface area contributed by atoms with Crippen molar-refractivity contribution in [2.24, 2.45) is 23.2 Å². The highest BCUT2D eigenvalue weighted by atomic mass is 35.5. The number of nitrogens with one attached hydrogen (secondary N) is 3. The molecule has 30 heavy (non-hydrogen) atoms. The third-order valence-corrected chi connectivity index (χ3v) is 7.24. The van der Waals surface area contributed by atoms with Gasteiger partial charge in [-0.3, -0.25) is 4.79 Å². The summed E-state index contributed by atoms with van der Waals surface area (Å²) in [6.07, 6.45) is 7.12. The van der Waals surface area contributed by atoms with E-state index in [9.17, 15) is 9.59 Å². The number of carbonyl (C=O) groups excluding carboxylic acids is 2. The van der Waals surface area contributed by atoms with Crippen molar-refractivity contribution in [2.75, 3.05) is 16.0 Å². The van der Waals surface area contributed by atoms with Crippen molar-refractivity contribution in [3.05, 3.63) is 53.6 Å². The number of anilines is 3. The van der Waals surface area contributed by atoms with Crippen LogP contribution in [-0.2, 0) is 4.79 Å². The van der Waals surface area contributed by atoms with E-state index in [0.29, 0.717) is 16.4 Å². The number of halogens is 1. The third-order valence-electron chi connectivity index (χ3n) is 7.00.